The van der Waals surface area contributed by atoms with Gasteiger partial charge in [0, 0.05) is 39.0 Å². The Hall–Kier alpha value is -2.13. The molecule has 0 aromatic carbocycles. The molecule has 0 unspecified atom stereocenters. The van der Waals surface area contributed by atoms with Gasteiger partial charge in [0.05, 0.1) is 6.26 Å². The average molecular weight is 367 g/mol. The largest absolute Gasteiger partial charge is 0.469 e. The van der Waals surface area contributed by atoms with E-state index in [0.717, 1.165) is 5.76 Å². The molecule has 0 aliphatic carbocycles. The Labute approximate surface area is 146 Å². The molecule has 1 fully saturated rings. The standard InChI is InChI=1S/C16H21N3O5S/c1-12-16(13(2)24-17-12)25(21,22)19-9-7-18(8-10-19)15(20)6-5-14-4-3-11-23-14/h3-4,11H,5-10H2,1-2H3. The van der Waals surface area contributed by atoms with E-state index in [9.17, 15) is 13.2 Å². The van der Waals surface area contributed by atoms with Crippen LogP contribution in [-0.4, -0.2) is 54.9 Å². The van der Waals surface area contributed by atoms with Crippen LogP contribution >= 0.6 is 0 Å². The third-order valence-electron chi connectivity index (χ3n) is 4.32. The maximum atomic E-state index is 12.8. The molecule has 136 valence electrons. The highest BCUT2D eigenvalue weighted by atomic mass is 32.2. The fourth-order valence-corrected chi connectivity index (χ4v) is 4.71. The van der Waals surface area contributed by atoms with Crippen LogP contribution in [0.5, 0.6) is 0 Å². The van der Waals surface area contributed by atoms with Crippen LogP contribution < -0.4 is 0 Å². The average Bonchev–Trinajstić information content (AvgIpc) is 3.22. The van der Waals surface area contributed by atoms with Crippen molar-refractivity contribution in [3.8, 4) is 0 Å². The normalized spacial score (nSPS) is 16.3. The lowest BCUT2D eigenvalue weighted by atomic mass is 10.2. The van der Waals surface area contributed by atoms with Crippen molar-refractivity contribution in [2.75, 3.05) is 26.2 Å². The van der Waals surface area contributed by atoms with Gasteiger partial charge >= 0.3 is 0 Å². The monoisotopic (exact) mass is 367 g/mol. The van der Waals surface area contributed by atoms with E-state index in [1.165, 1.54) is 4.31 Å². The highest BCUT2D eigenvalue weighted by Crippen LogP contribution is 2.24. The topological polar surface area (TPSA) is 96.9 Å². The number of sulfonamides is 1. The Morgan fingerprint density at radius 2 is 1.96 bits per heavy atom. The van der Waals surface area contributed by atoms with Gasteiger partial charge in [-0.05, 0) is 26.0 Å². The number of aromatic nitrogens is 1. The molecule has 0 radical (unpaired) electrons. The van der Waals surface area contributed by atoms with E-state index in [0.29, 0.717) is 31.6 Å². The summed E-state index contributed by atoms with van der Waals surface area (Å²) in [6.07, 6.45) is 2.48. The molecule has 25 heavy (non-hydrogen) atoms. The quantitative estimate of drug-likeness (QED) is 0.791. The van der Waals surface area contributed by atoms with Crippen molar-refractivity contribution in [3.05, 3.63) is 35.6 Å². The van der Waals surface area contributed by atoms with E-state index in [1.54, 1.807) is 31.1 Å². The van der Waals surface area contributed by atoms with Gasteiger partial charge in [0.25, 0.3) is 0 Å². The smallest absolute Gasteiger partial charge is 0.248 e. The van der Waals surface area contributed by atoms with Crippen molar-refractivity contribution in [3.63, 3.8) is 0 Å². The second kappa shape index (κ2) is 7.01. The Balaban J connectivity index is 1.59. The number of carbonyl (C=O) groups excluding carboxylic acids is 1. The summed E-state index contributed by atoms with van der Waals surface area (Å²) in [5.41, 5.74) is 0.356. The minimum Gasteiger partial charge on any atom is -0.469 e. The number of carbonyl (C=O) groups is 1. The molecule has 0 N–H and O–H groups in total. The molecule has 1 aliphatic heterocycles. The second-order valence-electron chi connectivity index (χ2n) is 6.02. The van der Waals surface area contributed by atoms with Gasteiger partial charge < -0.3 is 13.8 Å². The fourth-order valence-electron chi connectivity index (χ4n) is 2.99. The molecule has 8 nitrogen and oxygen atoms in total. The van der Waals surface area contributed by atoms with E-state index in [1.807, 2.05) is 6.07 Å². The van der Waals surface area contributed by atoms with Gasteiger partial charge in [-0.15, -0.1) is 0 Å². The third kappa shape index (κ3) is 3.62. The highest BCUT2D eigenvalue weighted by Gasteiger charge is 2.34. The van der Waals surface area contributed by atoms with Crippen molar-refractivity contribution < 1.29 is 22.2 Å². The van der Waals surface area contributed by atoms with Gasteiger partial charge in [-0.1, -0.05) is 5.16 Å². The van der Waals surface area contributed by atoms with Gasteiger partial charge in [0.2, 0.25) is 15.9 Å². The predicted octanol–water partition coefficient (Wildman–Crippen LogP) is 1.35. The van der Waals surface area contributed by atoms with Crippen molar-refractivity contribution in [2.45, 2.75) is 31.6 Å². The summed E-state index contributed by atoms with van der Waals surface area (Å²) < 4.78 is 37.1. The predicted molar refractivity (Wildman–Crippen MR) is 88.3 cm³/mol. The minimum absolute atomic E-state index is 0.00536. The summed E-state index contributed by atoms with van der Waals surface area (Å²) in [7, 11) is -3.65. The molecule has 2 aromatic rings. The van der Waals surface area contributed by atoms with E-state index in [4.69, 9.17) is 8.94 Å². The van der Waals surface area contributed by atoms with Crippen LogP contribution in [0, 0.1) is 13.8 Å². The summed E-state index contributed by atoms with van der Waals surface area (Å²) in [5.74, 6) is 1.06. The number of rotatable bonds is 5. The first-order chi connectivity index (χ1) is 11.9. The third-order valence-corrected chi connectivity index (χ3v) is 6.47. The number of aryl methyl sites for hydroxylation is 3. The molecular weight excluding hydrogens is 346 g/mol. The van der Waals surface area contributed by atoms with E-state index in [2.05, 4.69) is 5.16 Å². The van der Waals surface area contributed by atoms with Gasteiger partial charge in [0.1, 0.15) is 16.3 Å². The Bertz CT molecular complexity index is 814. The molecular formula is C16H21N3O5S. The Kier molecular flexibility index (Phi) is 4.96. The first kappa shape index (κ1) is 17.7. The lowest BCUT2D eigenvalue weighted by Crippen LogP contribution is -2.50. The first-order valence-electron chi connectivity index (χ1n) is 8.13. The van der Waals surface area contributed by atoms with E-state index in [-0.39, 0.29) is 29.7 Å². The summed E-state index contributed by atoms with van der Waals surface area (Å²) in [5, 5.41) is 3.71. The summed E-state index contributed by atoms with van der Waals surface area (Å²) in [6, 6.07) is 3.62. The van der Waals surface area contributed by atoms with Crippen LogP contribution in [-0.2, 0) is 21.2 Å². The lowest BCUT2D eigenvalue weighted by molar-refractivity contribution is -0.132. The summed E-state index contributed by atoms with van der Waals surface area (Å²) in [4.78, 5) is 14.1. The minimum atomic E-state index is -3.65. The molecule has 0 atom stereocenters. The van der Waals surface area contributed by atoms with Gasteiger partial charge in [-0.2, -0.15) is 4.31 Å². The van der Waals surface area contributed by atoms with Gasteiger partial charge in [-0.25, -0.2) is 8.42 Å². The van der Waals surface area contributed by atoms with Crippen molar-refractivity contribution >= 4 is 15.9 Å². The van der Waals surface area contributed by atoms with E-state index < -0.39 is 10.0 Å². The van der Waals surface area contributed by atoms with Crippen molar-refractivity contribution in [1.29, 1.82) is 0 Å². The summed E-state index contributed by atoms with van der Waals surface area (Å²) in [6.45, 7) is 4.47. The molecule has 3 heterocycles. The second-order valence-corrected chi connectivity index (χ2v) is 7.89. The molecule has 9 heteroatoms. The maximum absolute atomic E-state index is 12.8. The molecule has 2 aromatic heterocycles. The van der Waals surface area contributed by atoms with Crippen LogP contribution in [0.4, 0.5) is 0 Å². The molecule has 3 rings (SSSR count). The van der Waals surface area contributed by atoms with Crippen LogP contribution in [0.15, 0.2) is 32.2 Å². The zero-order chi connectivity index (χ0) is 18.0. The van der Waals surface area contributed by atoms with Gasteiger partial charge in [-0.3, -0.25) is 4.79 Å². The van der Waals surface area contributed by atoms with Crippen LogP contribution in [0.2, 0.25) is 0 Å². The molecule has 0 spiro atoms. The summed E-state index contributed by atoms with van der Waals surface area (Å²) >= 11 is 0. The number of amides is 1. The highest BCUT2D eigenvalue weighted by molar-refractivity contribution is 7.89. The Morgan fingerprint density at radius 1 is 1.24 bits per heavy atom. The van der Waals surface area contributed by atoms with Gasteiger partial charge in [0.15, 0.2) is 5.76 Å². The number of furan rings is 1. The van der Waals surface area contributed by atoms with Crippen molar-refractivity contribution in [2.24, 2.45) is 0 Å². The number of hydrogen-bond donors (Lipinski definition) is 0. The molecule has 0 saturated carbocycles. The molecule has 0 bridgehead atoms. The van der Waals surface area contributed by atoms with Crippen LogP contribution in [0.1, 0.15) is 23.6 Å². The Morgan fingerprint density at radius 3 is 2.52 bits per heavy atom. The lowest BCUT2D eigenvalue weighted by Gasteiger charge is -2.34. The zero-order valence-corrected chi connectivity index (χ0v) is 15.1. The maximum Gasteiger partial charge on any atom is 0.248 e. The fraction of sp³-hybridized carbons (Fsp3) is 0.500. The van der Waals surface area contributed by atoms with Crippen molar-refractivity contribution in [1.82, 2.24) is 14.4 Å². The number of piperazine rings is 1. The molecule has 1 amide bonds. The van der Waals surface area contributed by atoms with Crippen LogP contribution in [0.25, 0.3) is 0 Å². The zero-order valence-electron chi connectivity index (χ0n) is 14.3. The number of nitrogens with zero attached hydrogens (tertiary/aromatic N) is 3. The first-order valence-corrected chi connectivity index (χ1v) is 9.57. The molecule has 1 saturated heterocycles. The van der Waals surface area contributed by atoms with E-state index >= 15 is 0 Å². The SMILES string of the molecule is Cc1noc(C)c1S(=O)(=O)N1CCN(C(=O)CCc2ccco2)CC1. The number of hydrogen-bond acceptors (Lipinski definition) is 6. The van der Waals surface area contributed by atoms with Crippen LogP contribution in [0.3, 0.4) is 0 Å². The molecule has 1 aliphatic rings.